The minimum atomic E-state index is 0.682. The molecule has 0 amide bonds. The van der Waals surface area contributed by atoms with Gasteiger partial charge in [0.1, 0.15) is 0 Å². The van der Waals surface area contributed by atoms with Crippen molar-refractivity contribution in [3.05, 3.63) is 0 Å². The molecule has 0 aromatic rings. The maximum absolute atomic E-state index is 2.75. The third-order valence-electron chi connectivity index (χ3n) is 9.95. The van der Waals surface area contributed by atoms with Crippen molar-refractivity contribution < 1.29 is 0 Å². The molecule has 4 aliphatic carbocycles. The second-order valence-corrected chi connectivity index (χ2v) is 10.5. The average Bonchev–Trinajstić information content (AvgIpc) is 2.91. The third-order valence-corrected chi connectivity index (χ3v) is 9.95. The predicted molar refractivity (Wildman–Crippen MR) is 99.3 cm³/mol. The highest BCUT2D eigenvalue weighted by Gasteiger charge is 2.61. The number of hydrogen-bond donors (Lipinski definition) is 0. The molecular weight excluding hydrogens is 276 g/mol. The van der Waals surface area contributed by atoms with Crippen molar-refractivity contribution in [1.82, 2.24) is 0 Å². The summed E-state index contributed by atoms with van der Waals surface area (Å²) in [5, 5.41) is 0. The van der Waals surface area contributed by atoms with Crippen LogP contribution in [-0.4, -0.2) is 0 Å². The van der Waals surface area contributed by atoms with Crippen LogP contribution in [0.4, 0.5) is 0 Å². The number of hydrogen-bond acceptors (Lipinski definition) is 0. The largest absolute Gasteiger partial charge is 0.0651 e. The van der Waals surface area contributed by atoms with Gasteiger partial charge in [-0.05, 0) is 91.3 Å². The molecule has 0 bridgehead atoms. The molecular formula is C23H40. The topological polar surface area (TPSA) is 0 Å². The lowest BCUT2D eigenvalue weighted by atomic mass is 9.43. The van der Waals surface area contributed by atoms with E-state index in [1.54, 1.807) is 44.9 Å². The maximum Gasteiger partial charge on any atom is -0.0264 e. The molecule has 0 aliphatic heterocycles. The van der Waals surface area contributed by atoms with Gasteiger partial charge in [0.2, 0.25) is 0 Å². The van der Waals surface area contributed by atoms with E-state index in [0.29, 0.717) is 10.8 Å². The Morgan fingerprint density at radius 2 is 1.43 bits per heavy atom. The van der Waals surface area contributed by atoms with Crippen LogP contribution < -0.4 is 0 Å². The highest BCUT2D eigenvalue weighted by molar-refractivity contribution is 5.10. The monoisotopic (exact) mass is 316 g/mol. The summed E-state index contributed by atoms with van der Waals surface area (Å²) in [6.45, 7) is 10.4. The van der Waals surface area contributed by atoms with Gasteiger partial charge in [-0.15, -0.1) is 0 Å². The highest BCUT2D eigenvalue weighted by atomic mass is 14.7. The third kappa shape index (κ3) is 2.29. The fraction of sp³-hybridized carbons (Fsp3) is 1.00. The Bertz CT molecular complexity index is 439. The van der Waals surface area contributed by atoms with Gasteiger partial charge in [0, 0.05) is 0 Å². The molecule has 4 rings (SSSR count). The Hall–Kier alpha value is 0. The van der Waals surface area contributed by atoms with Crippen LogP contribution in [0.2, 0.25) is 0 Å². The Morgan fingerprint density at radius 3 is 2.22 bits per heavy atom. The summed E-state index contributed by atoms with van der Waals surface area (Å²) in [4.78, 5) is 0. The fourth-order valence-electron chi connectivity index (χ4n) is 8.53. The first-order valence-corrected chi connectivity index (χ1v) is 11.0. The Morgan fingerprint density at radius 1 is 0.783 bits per heavy atom. The second kappa shape index (κ2) is 5.77. The second-order valence-electron chi connectivity index (χ2n) is 10.5. The first-order chi connectivity index (χ1) is 11.0. The molecule has 0 heteroatoms. The van der Waals surface area contributed by atoms with E-state index in [9.17, 15) is 0 Å². The molecule has 0 spiro atoms. The quantitative estimate of drug-likeness (QED) is 0.510. The summed E-state index contributed by atoms with van der Waals surface area (Å²) in [5.41, 5.74) is 1.39. The molecule has 0 heterocycles. The smallest absolute Gasteiger partial charge is 0.0264 e. The van der Waals surface area contributed by atoms with Gasteiger partial charge in [0.15, 0.2) is 0 Å². The van der Waals surface area contributed by atoms with Gasteiger partial charge in [0.25, 0.3) is 0 Å². The first-order valence-electron chi connectivity index (χ1n) is 11.0. The minimum absolute atomic E-state index is 0.682. The standard InChI is InChI=1S/C23H40/c1-5-16(2)18-12-13-21-20-11-10-17-8-6-7-9-19(17)23(20,4)15-14-22(18,21)3/h16-21H,5-15H2,1-4H3. The summed E-state index contributed by atoms with van der Waals surface area (Å²) in [6, 6.07) is 0. The molecule has 0 nitrogen and oxygen atoms in total. The molecule has 4 aliphatic rings. The van der Waals surface area contributed by atoms with Crippen molar-refractivity contribution in [2.75, 3.05) is 0 Å². The zero-order valence-corrected chi connectivity index (χ0v) is 16.2. The van der Waals surface area contributed by atoms with Crippen LogP contribution in [0.3, 0.4) is 0 Å². The van der Waals surface area contributed by atoms with Crippen molar-refractivity contribution in [3.8, 4) is 0 Å². The molecule has 0 saturated heterocycles. The van der Waals surface area contributed by atoms with E-state index in [-0.39, 0.29) is 0 Å². The normalized spacial score (nSPS) is 54.0. The summed E-state index contributed by atoms with van der Waals surface area (Å²) in [6.07, 6.45) is 16.9. The van der Waals surface area contributed by atoms with Crippen molar-refractivity contribution in [3.63, 3.8) is 0 Å². The molecule has 0 aromatic heterocycles. The van der Waals surface area contributed by atoms with Crippen molar-refractivity contribution in [1.29, 1.82) is 0 Å². The summed E-state index contributed by atoms with van der Waals surface area (Å²) >= 11 is 0. The molecule has 0 radical (unpaired) electrons. The zero-order chi connectivity index (χ0) is 16.2. The van der Waals surface area contributed by atoms with Crippen LogP contribution in [0.1, 0.15) is 98.3 Å². The number of rotatable bonds is 2. The lowest BCUT2D eigenvalue weighted by Crippen LogP contribution is -2.54. The van der Waals surface area contributed by atoms with Gasteiger partial charge < -0.3 is 0 Å². The van der Waals surface area contributed by atoms with E-state index in [1.165, 1.54) is 25.7 Å². The predicted octanol–water partition coefficient (Wildman–Crippen LogP) is 7.08. The van der Waals surface area contributed by atoms with Crippen molar-refractivity contribution >= 4 is 0 Å². The van der Waals surface area contributed by atoms with Gasteiger partial charge in [-0.2, -0.15) is 0 Å². The van der Waals surface area contributed by atoms with Crippen molar-refractivity contribution in [2.24, 2.45) is 46.3 Å². The Kier molecular flexibility index (Phi) is 4.13. The van der Waals surface area contributed by atoms with Gasteiger partial charge in [-0.25, -0.2) is 0 Å². The van der Waals surface area contributed by atoms with Gasteiger partial charge in [0.05, 0.1) is 0 Å². The molecule has 0 N–H and O–H groups in total. The number of fused-ring (bicyclic) bond motifs is 5. The van der Waals surface area contributed by atoms with E-state index in [4.69, 9.17) is 0 Å². The van der Waals surface area contributed by atoms with Crippen LogP contribution >= 0.6 is 0 Å². The minimum Gasteiger partial charge on any atom is -0.0651 e. The summed E-state index contributed by atoms with van der Waals surface area (Å²) < 4.78 is 0. The summed E-state index contributed by atoms with van der Waals surface area (Å²) in [5.74, 6) is 6.27. The van der Waals surface area contributed by atoms with Crippen LogP contribution in [-0.2, 0) is 0 Å². The summed E-state index contributed by atoms with van der Waals surface area (Å²) in [7, 11) is 0. The van der Waals surface area contributed by atoms with Crippen LogP contribution in [0.15, 0.2) is 0 Å². The Balaban J connectivity index is 1.62. The van der Waals surface area contributed by atoms with E-state index in [2.05, 4.69) is 27.7 Å². The molecule has 23 heavy (non-hydrogen) atoms. The molecule has 0 aromatic carbocycles. The lowest BCUT2D eigenvalue weighted by Gasteiger charge is -2.62. The van der Waals surface area contributed by atoms with Gasteiger partial charge in [-0.3, -0.25) is 0 Å². The maximum atomic E-state index is 2.75. The van der Waals surface area contributed by atoms with Crippen LogP contribution in [0, 0.1) is 46.3 Å². The van der Waals surface area contributed by atoms with E-state index < -0.39 is 0 Å². The molecule has 132 valence electrons. The fourth-order valence-corrected chi connectivity index (χ4v) is 8.53. The molecule has 4 saturated carbocycles. The zero-order valence-electron chi connectivity index (χ0n) is 16.2. The molecule has 8 unspecified atom stereocenters. The van der Waals surface area contributed by atoms with Crippen LogP contribution in [0.5, 0.6) is 0 Å². The van der Waals surface area contributed by atoms with E-state index in [0.717, 1.165) is 35.5 Å². The van der Waals surface area contributed by atoms with Gasteiger partial charge >= 0.3 is 0 Å². The van der Waals surface area contributed by atoms with Crippen LogP contribution in [0.25, 0.3) is 0 Å². The van der Waals surface area contributed by atoms with E-state index >= 15 is 0 Å². The Labute approximate surface area is 145 Å². The molecule has 4 fully saturated rings. The lowest BCUT2D eigenvalue weighted by molar-refractivity contribution is -0.127. The first kappa shape index (κ1) is 16.5. The van der Waals surface area contributed by atoms with E-state index in [1.807, 2.05) is 0 Å². The highest BCUT2D eigenvalue weighted by Crippen LogP contribution is 2.69. The average molecular weight is 317 g/mol. The molecule has 8 atom stereocenters. The van der Waals surface area contributed by atoms with Gasteiger partial charge in [-0.1, -0.05) is 53.4 Å². The van der Waals surface area contributed by atoms with Crippen molar-refractivity contribution in [2.45, 2.75) is 98.3 Å². The SMILES string of the molecule is CCC(C)C1CCC2C3CCC4CCCCC4C3(C)CCC12C.